The van der Waals surface area contributed by atoms with Crippen LogP contribution in [-0.4, -0.2) is 47.0 Å². The maximum absolute atomic E-state index is 12.7. The third-order valence-electron chi connectivity index (χ3n) is 4.40. The second-order valence-corrected chi connectivity index (χ2v) is 6.72. The molecule has 3 rings (SSSR count). The number of benzene rings is 1. The van der Waals surface area contributed by atoms with Gasteiger partial charge in [0.15, 0.2) is 0 Å². The van der Waals surface area contributed by atoms with Crippen molar-refractivity contribution in [3.05, 3.63) is 34.4 Å². The van der Waals surface area contributed by atoms with Crippen LogP contribution in [-0.2, 0) is 4.74 Å². The quantitative estimate of drug-likeness (QED) is 0.739. The number of nitrogens with zero attached hydrogens (tertiary/aromatic N) is 1. The Labute approximate surface area is 148 Å². The van der Waals surface area contributed by atoms with Gasteiger partial charge < -0.3 is 20.3 Å². The Morgan fingerprint density at radius 2 is 2.17 bits per heavy atom. The number of halogens is 1. The highest BCUT2D eigenvalue weighted by molar-refractivity contribution is 9.10. The number of nitrogens with one attached hydrogen (secondary N) is 1. The van der Waals surface area contributed by atoms with Gasteiger partial charge in [0.05, 0.1) is 29.9 Å². The maximum atomic E-state index is 12.7. The number of hydrogen-bond acceptors (Lipinski definition) is 5. The van der Waals surface area contributed by atoms with Crippen LogP contribution in [0.15, 0.2) is 28.9 Å². The molecule has 2 aromatic rings. The van der Waals surface area contributed by atoms with Gasteiger partial charge in [-0.3, -0.25) is 9.78 Å². The lowest BCUT2D eigenvalue weighted by Gasteiger charge is -2.29. The average molecular weight is 395 g/mol. The first kappa shape index (κ1) is 17.1. The van der Waals surface area contributed by atoms with E-state index in [1.54, 1.807) is 12.1 Å². The van der Waals surface area contributed by atoms with Gasteiger partial charge in [-0.05, 0) is 40.8 Å². The smallest absolute Gasteiger partial charge is 0.256 e. The van der Waals surface area contributed by atoms with E-state index in [2.05, 4.69) is 26.2 Å². The Morgan fingerprint density at radius 3 is 2.88 bits per heavy atom. The number of amides is 1. The molecule has 0 saturated carbocycles. The zero-order valence-corrected chi connectivity index (χ0v) is 14.6. The molecule has 1 atom stereocenters. The molecule has 0 spiro atoms. The molecule has 24 heavy (non-hydrogen) atoms. The molecule has 1 aromatic carbocycles. The predicted molar refractivity (Wildman–Crippen MR) is 93.0 cm³/mol. The third-order valence-corrected chi connectivity index (χ3v) is 5.04. The highest BCUT2D eigenvalue weighted by Gasteiger charge is 2.27. The van der Waals surface area contributed by atoms with Crippen molar-refractivity contribution in [2.75, 3.05) is 19.8 Å². The number of rotatable bonds is 4. The van der Waals surface area contributed by atoms with E-state index in [1.165, 1.54) is 6.20 Å². The summed E-state index contributed by atoms with van der Waals surface area (Å²) in [6.07, 6.45) is 2.85. The second-order valence-electron chi connectivity index (χ2n) is 5.87. The Bertz CT molecular complexity index is 747. The van der Waals surface area contributed by atoms with Crippen molar-refractivity contribution in [1.29, 1.82) is 0 Å². The molecule has 1 unspecified atom stereocenters. The summed E-state index contributed by atoms with van der Waals surface area (Å²) in [4.78, 5) is 16.9. The van der Waals surface area contributed by atoms with Crippen molar-refractivity contribution in [1.82, 2.24) is 10.3 Å². The zero-order valence-electron chi connectivity index (χ0n) is 13.0. The minimum atomic E-state index is -0.413. The molecule has 1 fully saturated rings. The molecule has 3 N–H and O–H groups in total. The molecule has 6 nitrogen and oxygen atoms in total. The number of hydrogen-bond donors (Lipinski definition) is 3. The molecule has 0 aliphatic carbocycles. The van der Waals surface area contributed by atoms with Crippen LogP contribution >= 0.6 is 15.9 Å². The van der Waals surface area contributed by atoms with E-state index in [1.807, 2.05) is 6.07 Å². The number of pyridine rings is 1. The second kappa shape index (κ2) is 7.46. The summed E-state index contributed by atoms with van der Waals surface area (Å²) in [6, 6.07) is 4.99. The van der Waals surface area contributed by atoms with Crippen molar-refractivity contribution < 1.29 is 19.7 Å². The fraction of sp³-hybridized carbons (Fsp3) is 0.412. The van der Waals surface area contributed by atoms with Gasteiger partial charge in [-0.1, -0.05) is 12.1 Å². The number of carbonyl (C=O) groups excluding carboxylic acids is 1. The first-order chi connectivity index (χ1) is 11.6. The van der Waals surface area contributed by atoms with Crippen LogP contribution in [0, 0.1) is 5.92 Å². The van der Waals surface area contributed by atoms with Gasteiger partial charge in [0.2, 0.25) is 0 Å². The van der Waals surface area contributed by atoms with Gasteiger partial charge in [0.25, 0.3) is 5.91 Å². The fourth-order valence-electron chi connectivity index (χ4n) is 3.09. The molecule has 1 aliphatic heterocycles. The normalized spacial score (nSPS) is 16.9. The summed E-state index contributed by atoms with van der Waals surface area (Å²) < 4.78 is 6.07. The maximum Gasteiger partial charge on any atom is 0.256 e. The van der Waals surface area contributed by atoms with Crippen molar-refractivity contribution in [2.45, 2.75) is 18.9 Å². The molecule has 7 heteroatoms. The minimum absolute atomic E-state index is 0.149. The number of aliphatic hydroxyl groups excluding tert-OH is 1. The van der Waals surface area contributed by atoms with Crippen LogP contribution in [0.4, 0.5) is 0 Å². The summed E-state index contributed by atoms with van der Waals surface area (Å²) in [7, 11) is 0. The van der Waals surface area contributed by atoms with Crippen LogP contribution in [0.5, 0.6) is 5.75 Å². The van der Waals surface area contributed by atoms with Gasteiger partial charge in [-0.2, -0.15) is 0 Å². The van der Waals surface area contributed by atoms with Gasteiger partial charge in [-0.25, -0.2) is 0 Å². The van der Waals surface area contributed by atoms with Crippen LogP contribution in [0.3, 0.4) is 0 Å². The topological polar surface area (TPSA) is 91.7 Å². The first-order valence-electron chi connectivity index (χ1n) is 7.87. The number of ether oxygens (including phenoxy) is 1. The lowest BCUT2D eigenvalue weighted by Crippen LogP contribution is -2.44. The van der Waals surface area contributed by atoms with E-state index in [4.69, 9.17) is 4.74 Å². The Balaban J connectivity index is 1.90. The SMILES string of the molecule is O=C(NC(CO)C1CCOCC1)c1c(O)cnc2c(Br)cccc12. The van der Waals surface area contributed by atoms with Crippen molar-refractivity contribution in [3.8, 4) is 5.75 Å². The predicted octanol–water partition coefficient (Wildman–Crippen LogP) is 2.22. The highest BCUT2D eigenvalue weighted by Crippen LogP contribution is 2.30. The van der Waals surface area contributed by atoms with Gasteiger partial charge in [-0.15, -0.1) is 0 Å². The lowest BCUT2D eigenvalue weighted by molar-refractivity contribution is 0.0419. The Morgan fingerprint density at radius 1 is 1.42 bits per heavy atom. The van der Waals surface area contributed by atoms with Crippen LogP contribution in [0.1, 0.15) is 23.2 Å². The van der Waals surface area contributed by atoms with E-state index in [0.29, 0.717) is 24.1 Å². The number of fused-ring (bicyclic) bond motifs is 1. The van der Waals surface area contributed by atoms with E-state index >= 15 is 0 Å². The monoisotopic (exact) mass is 394 g/mol. The zero-order chi connectivity index (χ0) is 17.1. The van der Waals surface area contributed by atoms with Gasteiger partial charge in [0.1, 0.15) is 5.75 Å². The van der Waals surface area contributed by atoms with Crippen LogP contribution in [0.25, 0.3) is 10.9 Å². The highest BCUT2D eigenvalue weighted by atomic mass is 79.9. The fourth-order valence-corrected chi connectivity index (χ4v) is 3.56. The molecule has 2 heterocycles. The summed E-state index contributed by atoms with van der Waals surface area (Å²) in [6.45, 7) is 1.12. The number of aliphatic hydroxyl groups is 1. The standard InChI is InChI=1S/C17H19BrN2O4/c18-12-3-1-2-11-15(14(22)8-19-16(11)12)17(23)20-13(9-21)10-4-6-24-7-5-10/h1-3,8,10,13,21-22H,4-7,9H2,(H,20,23). The van der Waals surface area contributed by atoms with Crippen molar-refractivity contribution in [2.24, 2.45) is 5.92 Å². The Kier molecular flexibility index (Phi) is 5.33. The molecule has 0 bridgehead atoms. The number of carbonyl (C=O) groups is 1. The number of aromatic hydroxyl groups is 1. The van der Waals surface area contributed by atoms with Crippen molar-refractivity contribution in [3.63, 3.8) is 0 Å². The van der Waals surface area contributed by atoms with E-state index in [0.717, 1.165) is 17.3 Å². The first-order valence-corrected chi connectivity index (χ1v) is 8.66. The summed E-state index contributed by atoms with van der Waals surface area (Å²) in [5.41, 5.74) is 0.777. The summed E-state index contributed by atoms with van der Waals surface area (Å²) >= 11 is 3.40. The lowest BCUT2D eigenvalue weighted by atomic mass is 9.92. The third kappa shape index (κ3) is 3.38. The van der Waals surface area contributed by atoms with Crippen LogP contribution in [0.2, 0.25) is 0 Å². The molecular formula is C17H19BrN2O4. The molecule has 1 amide bonds. The largest absolute Gasteiger partial charge is 0.505 e. The Hall–Kier alpha value is -1.70. The van der Waals surface area contributed by atoms with Gasteiger partial charge >= 0.3 is 0 Å². The number of para-hydroxylation sites is 1. The molecule has 1 aliphatic rings. The molecule has 128 valence electrons. The molecule has 0 radical (unpaired) electrons. The van der Waals surface area contributed by atoms with E-state index in [9.17, 15) is 15.0 Å². The van der Waals surface area contributed by atoms with E-state index in [-0.39, 0.29) is 29.9 Å². The van der Waals surface area contributed by atoms with Crippen LogP contribution < -0.4 is 5.32 Å². The minimum Gasteiger partial charge on any atom is -0.505 e. The molecule has 1 aromatic heterocycles. The average Bonchev–Trinajstić information content (AvgIpc) is 2.60. The van der Waals surface area contributed by atoms with Crippen molar-refractivity contribution >= 4 is 32.7 Å². The van der Waals surface area contributed by atoms with E-state index < -0.39 is 5.91 Å². The van der Waals surface area contributed by atoms with Gasteiger partial charge in [0, 0.05) is 23.1 Å². The summed E-state index contributed by atoms with van der Waals surface area (Å²) in [5, 5.41) is 23.2. The summed E-state index contributed by atoms with van der Waals surface area (Å²) in [5.74, 6) is -0.431. The molecular weight excluding hydrogens is 376 g/mol. The number of aromatic nitrogens is 1. The molecule has 1 saturated heterocycles.